The molecule has 0 atom stereocenters. The molecule has 0 bridgehead atoms. The SMILES string of the molecule is Fc1cc(CCl)c2ccccc2c1. The first-order valence-electron chi connectivity index (χ1n) is 4.04. The molecular formula is C11H8ClF. The molecule has 0 spiro atoms. The van der Waals surface area contributed by atoms with Gasteiger partial charge < -0.3 is 0 Å². The molecule has 0 nitrogen and oxygen atoms in total. The minimum atomic E-state index is -0.227. The van der Waals surface area contributed by atoms with Crippen LogP contribution in [0.15, 0.2) is 36.4 Å². The van der Waals surface area contributed by atoms with Crippen molar-refractivity contribution >= 4 is 22.4 Å². The van der Waals surface area contributed by atoms with Crippen molar-refractivity contribution in [1.29, 1.82) is 0 Å². The van der Waals surface area contributed by atoms with Crippen LogP contribution in [0.25, 0.3) is 10.8 Å². The summed E-state index contributed by atoms with van der Waals surface area (Å²) in [6.07, 6.45) is 0. The zero-order valence-electron chi connectivity index (χ0n) is 6.93. The number of rotatable bonds is 1. The van der Waals surface area contributed by atoms with Crippen LogP contribution in [-0.4, -0.2) is 0 Å². The van der Waals surface area contributed by atoms with Gasteiger partial charge in [0.15, 0.2) is 0 Å². The van der Waals surface area contributed by atoms with Crippen LogP contribution in [-0.2, 0) is 5.88 Å². The second kappa shape index (κ2) is 3.35. The van der Waals surface area contributed by atoms with E-state index in [-0.39, 0.29) is 5.82 Å². The minimum absolute atomic E-state index is 0.227. The maximum absolute atomic E-state index is 13.0. The molecule has 2 aromatic carbocycles. The van der Waals surface area contributed by atoms with Gasteiger partial charge in [-0.2, -0.15) is 0 Å². The molecule has 66 valence electrons. The second-order valence-corrected chi connectivity index (χ2v) is 3.19. The van der Waals surface area contributed by atoms with E-state index < -0.39 is 0 Å². The van der Waals surface area contributed by atoms with Crippen LogP contribution >= 0.6 is 11.6 Å². The third kappa shape index (κ3) is 1.52. The van der Waals surface area contributed by atoms with E-state index in [1.165, 1.54) is 12.1 Å². The molecule has 0 radical (unpaired) electrons. The number of hydrogen-bond acceptors (Lipinski definition) is 0. The number of hydrogen-bond donors (Lipinski definition) is 0. The van der Waals surface area contributed by atoms with Gasteiger partial charge in [-0.1, -0.05) is 24.3 Å². The van der Waals surface area contributed by atoms with Crippen molar-refractivity contribution in [1.82, 2.24) is 0 Å². The van der Waals surface area contributed by atoms with E-state index in [0.717, 1.165) is 16.3 Å². The van der Waals surface area contributed by atoms with E-state index in [4.69, 9.17) is 11.6 Å². The Morgan fingerprint density at radius 2 is 1.92 bits per heavy atom. The summed E-state index contributed by atoms with van der Waals surface area (Å²) in [6.45, 7) is 0. The van der Waals surface area contributed by atoms with Gasteiger partial charge in [-0.15, -0.1) is 11.6 Å². The lowest BCUT2D eigenvalue weighted by atomic mass is 10.1. The molecule has 0 aliphatic rings. The van der Waals surface area contributed by atoms with Crippen LogP contribution in [0.4, 0.5) is 4.39 Å². The largest absolute Gasteiger partial charge is 0.207 e. The van der Waals surface area contributed by atoms with Gasteiger partial charge in [-0.3, -0.25) is 0 Å². The summed E-state index contributed by atoms with van der Waals surface area (Å²) >= 11 is 5.71. The Morgan fingerprint density at radius 1 is 1.15 bits per heavy atom. The summed E-state index contributed by atoms with van der Waals surface area (Å²) in [7, 11) is 0. The van der Waals surface area contributed by atoms with E-state index in [9.17, 15) is 4.39 Å². The molecule has 2 aromatic rings. The van der Waals surface area contributed by atoms with Crippen molar-refractivity contribution in [3.8, 4) is 0 Å². The molecule has 0 aliphatic heterocycles. The topological polar surface area (TPSA) is 0 Å². The lowest BCUT2D eigenvalue weighted by Crippen LogP contribution is -1.84. The molecule has 2 heteroatoms. The van der Waals surface area contributed by atoms with E-state index in [0.29, 0.717) is 5.88 Å². The van der Waals surface area contributed by atoms with Crippen molar-refractivity contribution in [3.63, 3.8) is 0 Å². The van der Waals surface area contributed by atoms with Crippen LogP contribution in [0, 0.1) is 5.82 Å². The predicted octanol–water partition coefficient (Wildman–Crippen LogP) is 3.72. The van der Waals surface area contributed by atoms with E-state index >= 15 is 0 Å². The third-order valence-electron chi connectivity index (χ3n) is 2.06. The highest BCUT2D eigenvalue weighted by Gasteiger charge is 2.01. The highest BCUT2D eigenvalue weighted by Crippen LogP contribution is 2.21. The van der Waals surface area contributed by atoms with Crippen LogP contribution in [0.1, 0.15) is 5.56 Å². The van der Waals surface area contributed by atoms with E-state index in [2.05, 4.69) is 0 Å². The summed E-state index contributed by atoms with van der Waals surface area (Å²) < 4.78 is 13.0. The predicted molar refractivity (Wildman–Crippen MR) is 53.5 cm³/mol. The Bertz CT molecular complexity index is 437. The molecule has 13 heavy (non-hydrogen) atoms. The summed E-state index contributed by atoms with van der Waals surface area (Å²) in [4.78, 5) is 0. The maximum Gasteiger partial charge on any atom is 0.124 e. The van der Waals surface area contributed by atoms with Crippen LogP contribution in [0.2, 0.25) is 0 Å². The summed E-state index contributed by atoms with van der Waals surface area (Å²) in [5.74, 6) is 0.118. The van der Waals surface area contributed by atoms with E-state index in [1.807, 2.05) is 24.3 Å². The van der Waals surface area contributed by atoms with Crippen molar-refractivity contribution in [2.24, 2.45) is 0 Å². The molecule has 0 aliphatic carbocycles. The van der Waals surface area contributed by atoms with Crippen molar-refractivity contribution < 1.29 is 4.39 Å². The average molecular weight is 195 g/mol. The summed E-state index contributed by atoms with van der Waals surface area (Å²) in [5, 5.41) is 1.93. The molecule has 0 N–H and O–H groups in total. The monoisotopic (exact) mass is 194 g/mol. The molecule has 0 saturated carbocycles. The molecule has 0 amide bonds. The number of alkyl halides is 1. The molecule has 0 saturated heterocycles. The normalized spacial score (nSPS) is 10.6. The zero-order chi connectivity index (χ0) is 9.26. The quantitative estimate of drug-likeness (QED) is 0.607. The lowest BCUT2D eigenvalue weighted by Gasteiger charge is -2.02. The second-order valence-electron chi connectivity index (χ2n) is 2.92. The summed E-state index contributed by atoms with van der Waals surface area (Å²) in [6, 6.07) is 10.7. The van der Waals surface area contributed by atoms with Gasteiger partial charge in [0.05, 0.1) is 0 Å². The van der Waals surface area contributed by atoms with Gasteiger partial charge in [0, 0.05) is 5.88 Å². The average Bonchev–Trinajstić information content (AvgIpc) is 2.16. The Kier molecular flexibility index (Phi) is 2.19. The highest BCUT2D eigenvalue weighted by atomic mass is 35.5. The Hall–Kier alpha value is -1.08. The van der Waals surface area contributed by atoms with Gasteiger partial charge >= 0.3 is 0 Å². The maximum atomic E-state index is 13.0. The standard InChI is InChI=1S/C11H8ClF/c12-7-9-6-10(13)5-8-3-1-2-4-11(8)9/h1-6H,7H2. The highest BCUT2D eigenvalue weighted by molar-refractivity contribution is 6.18. The fourth-order valence-electron chi connectivity index (χ4n) is 1.46. The van der Waals surface area contributed by atoms with Crippen molar-refractivity contribution in [3.05, 3.63) is 47.8 Å². The summed E-state index contributed by atoms with van der Waals surface area (Å²) in [5.41, 5.74) is 0.845. The van der Waals surface area contributed by atoms with Gasteiger partial charge in [0.2, 0.25) is 0 Å². The first-order chi connectivity index (χ1) is 6.31. The molecule has 0 fully saturated rings. The van der Waals surface area contributed by atoms with Crippen LogP contribution < -0.4 is 0 Å². The minimum Gasteiger partial charge on any atom is -0.207 e. The van der Waals surface area contributed by atoms with Gasteiger partial charge in [0.1, 0.15) is 5.82 Å². The van der Waals surface area contributed by atoms with Crippen LogP contribution in [0.5, 0.6) is 0 Å². The van der Waals surface area contributed by atoms with Crippen molar-refractivity contribution in [2.75, 3.05) is 0 Å². The van der Waals surface area contributed by atoms with Crippen molar-refractivity contribution in [2.45, 2.75) is 5.88 Å². The molecule has 2 rings (SSSR count). The Balaban J connectivity index is 2.81. The molecule has 0 aromatic heterocycles. The lowest BCUT2D eigenvalue weighted by molar-refractivity contribution is 0.628. The van der Waals surface area contributed by atoms with Gasteiger partial charge in [-0.05, 0) is 28.5 Å². The first kappa shape index (κ1) is 8.52. The Morgan fingerprint density at radius 3 is 2.69 bits per heavy atom. The Labute approximate surface area is 80.9 Å². The molecule has 0 heterocycles. The van der Waals surface area contributed by atoms with Gasteiger partial charge in [0.25, 0.3) is 0 Å². The number of fused-ring (bicyclic) bond motifs is 1. The number of halogens is 2. The van der Waals surface area contributed by atoms with Gasteiger partial charge in [-0.25, -0.2) is 4.39 Å². The molecule has 0 unspecified atom stereocenters. The van der Waals surface area contributed by atoms with Crippen LogP contribution in [0.3, 0.4) is 0 Å². The fraction of sp³-hybridized carbons (Fsp3) is 0.0909. The zero-order valence-corrected chi connectivity index (χ0v) is 7.68. The fourth-order valence-corrected chi connectivity index (χ4v) is 1.68. The first-order valence-corrected chi connectivity index (χ1v) is 4.58. The smallest absolute Gasteiger partial charge is 0.124 e. The molecular weight excluding hydrogens is 187 g/mol. The third-order valence-corrected chi connectivity index (χ3v) is 2.34. The van der Waals surface area contributed by atoms with E-state index in [1.54, 1.807) is 0 Å². The number of benzene rings is 2.